The molecule has 1 amide bonds. The number of aryl methyl sites for hydroxylation is 3. The lowest BCUT2D eigenvalue weighted by Gasteiger charge is -2.40. The van der Waals surface area contributed by atoms with Crippen LogP contribution in [0.4, 0.5) is 0 Å². The van der Waals surface area contributed by atoms with Crippen molar-refractivity contribution in [1.29, 1.82) is 0 Å². The average Bonchev–Trinajstić information content (AvgIpc) is 2.79. The van der Waals surface area contributed by atoms with Crippen LogP contribution >= 0.6 is 0 Å². The van der Waals surface area contributed by atoms with Crippen molar-refractivity contribution in [3.63, 3.8) is 0 Å². The molecule has 0 saturated carbocycles. The number of piperidine rings is 1. The molecule has 0 radical (unpaired) electrons. The first-order chi connectivity index (χ1) is 15.0. The third kappa shape index (κ3) is 4.82. The zero-order valence-electron chi connectivity index (χ0n) is 18.6. The van der Waals surface area contributed by atoms with E-state index in [1.54, 1.807) is 18.5 Å². The van der Waals surface area contributed by atoms with Crippen LogP contribution in [-0.2, 0) is 6.42 Å². The van der Waals surface area contributed by atoms with E-state index in [4.69, 9.17) is 0 Å². The van der Waals surface area contributed by atoms with Crippen LogP contribution in [0, 0.1) is 19.8 Å². The van der Waals surface area contributed by atoms with Gasteiger partial charge in [-0.2, -0.15) is 0 Å². The fourth-order valence-electron chi connectivity index (χ4n) is 4.51. The van der Waals surface area contributed by atoms with E-state index >= 15 is 0 Å². The molecule has 0 aliphatic carbocycles. The second-order valence-electron chi connectivity index (χ2n) is 8.67. The molecule has 2 atom stereocenters. The molecule has 2 aromatic heterocycles. The predicted octanol–water partition coefficient (Wildman–Crippen LogP) is 5.03. The Hall–Kier alpha value is -3.08. The fourth-order valence-corrected chi connectivity index (χ4v) is 4.51. The van der Waals surface area contributed by atoms with E-state index in [0.29, 0.717) is 17.3 Å². The molecule has 1 aliphatic heterocycles. The van der Waals surface area contributed by atoms with Gasteiger partial charge in [0.05, 0.1) is 5.56 Å². The quantitative estimate of drug-likeness (QED) is 0.588. The highest BCUT2D eigenvalue weighted by Crippen LogP contribution is 2.30. The summed E-state index contributed by atoms with van der Waals surface area (Å²) in [5.41, 5.74) is 4.81. The van der Waals surface area contributed by atoms with Crippen LogP contribution < -0.4 is 0 Å². The van der Waals surface area contributed by atoms with Crippen molar-refractivity contribution in [2.24, 2.45) is 5.92 Å². The second-order valence-corrected chi connectivity index (χ2v) is 8.67. The summed E-state index contributed by atoms with van der Waals surface area (Å²) >= 11 is 0. The highest BCUT2D eigenvalue weighted by atomic mass is 16.2. The van der Waals surface area contributed by atoms with Gasteiger partial charge >= 0.3 is 0 Å². The van der Waals surface area contributed by atoms with Crippen LogP contribution in [0.2, 0.25) is 0 Å². The normalized spacial score (nSPS) is 18.7. The minimum absolute atomic E-state index is 0.0829. The Labute approximate surface area is 184 Å². The molecule has 0 bridgehead atoms. The smallest absolute Gasteiger partial charge is 0.254 e. The van der Waals surface area contributed by atoms with Gasteiger partial charge in [0.15, 0.2) is 5.82 Å². The van der Waals surface area contributed by atoms with Gasteiger partial charge in [-0.05, 0) is 69.2 Å². The van der Waals surface area contributed by atoms with Crippen molar-refractivity contribution in [3.8, 4) is 11.4 Å². The molecule has 1 saturated heterocycles. The number of amides is 1. The minimum Gasteiger partial charge on any atom is -0.335 e. The second kappa shape index (κ2) is 9.38. The summed E-state index contributed by atoms with van der Waals surface area (Å²) in [6, 6.07) is 12.2. The summed E-state index contributed by atoms with van der Waals surface area (Å²) in [4.78, 5) is 29.2. The summed E-state index contributed by atoms with van der Waals surface area (Å²) in [7, 11) is 0. The molecule has 5 heteroatoms. The first-order valence-corrected chi connectivity index (χ1v) is 11.1. The van der Waals surface area contributed by atoms with Crippen molar-refractivity contribution in [1.82, 2.24) is 19.9 Å². The Kier molecular flexibility index (Phi) is 6.40. The molecule has 31 heavy (non-hydrogen) atoms. The molecular weight excluding hydrogens is 384 g/mol. The highest BCUT2D eigenvalue weighted by Gasteiger charge is 2.33. The molecular formula is C26H30N4O. The Morgan fingerprint density at radius 3 is 2.58 bits per heavy atom. The van der Waals surface area contributed by atoms with Gasteiger partial charge in [0.25, 0.3) is 5.91 Å². The van der Waals surface area contributed by atoms with Crippen LogP contribution in [0.1, 0.15) is 53.4 Å². The van der Waals surface area contributed by atoms with E-state index in [9.17, 15) is 4.79 Å². The number of rotatable bonds is 5. The maximum atomic E-state index is 13.8. The van der Waals surface area contributed by atoms with Gasteiger partial charge in [-0.25, -0.2) is 9.97 Å². The van der Waals surface area contributed by atoms with E-state index in [0.717, 1.165) is 49.0 Å². The lowest BCUT2D eigenvalue weighted by molar-refractivity contribution is 0.0499. The number of hydrogen-bond donors (Lipinski definition) is 0. The molecule has 0 spiro atoms. The van der Waals surface area contributed by atoms with Crippen LogP contribution in [0.3, 0.4) is 0 Å². The van der Waals surface area contributed by atoms with E-state index in [-0.39, 0.29) is 11.9 Å². The highest BCUT2D eigenvalue weighted by molar-refractivity contribution is 6.00. The van der Waals surface area contributed by atoms with Crippen LogP contribution in [-0.4, -0.2) is 38.3 Å². The van der Waals surface area contributed by atoms with Crippen LogP contribution in [0.5, 0.6) is 0 Å². The number of carbonyl (C=O) groups excluding carboxylic acids is 1. The number of carbonyl (C=O) groups is 1. The molecule has 0 unspecified atom stereocenters. The summed E-state index contributed by atoms with van der Waals surface area (Å²) in [5, 5.41) is 0. The van der Waals surface area contributed by atoms with Crippen molar-refractivity contribution in [2.75, 3.05) is 6.54 Å². The SMILES string of the molecule is Cc1ccc(CC[C@@H]2[C@H](C)CCCN2C(=O)c2cc(C)ccc2-c2ncccn2)nc1. The van der Waals surface area contributed by atoms with Crippen LogP contribution in [0.15, 0.2) is 55.0 Å². The van der Waals surface area contributed by atoms with E-state index < -0.39 is 0 Å². The predicted molar refractivity (Wildman–Crippen MR) is 123 cm³/mol. The van der Waals surface area contributed by atoms with Gasteiger partial charge in [0, 0.05) is 42.4 Å². The lowest BCUT2D eigenvalue weighted by Crippen LogP contribution is -2.48. The molecule has 1 fully saturated rings. The summed E-state index contributed by atoms with van der Waals surface area (Å²) in [5.74, 6) is 1.14. The molecule has 3 heterocycles. The van der Waals surface area contributed by atoms with Crippen molar-refractivity contribution < 1.29 is 4.79 Å². The summed E-state index contributed by atoms with van der Waals surface area (Å²) < 4.78 is 0. The third-order valence-corrected chi connectivity index (χ3v) is 6.26. The number of nitrogens with zero attached hydrogens (tertiary/aromatic N) is 4. The standard InChI is InChI=1S/C26H30N4O/c1-18-8-11-22(25-27-13-5-14-28-25)23(16-18)26(31)30-15-4-6-20(3)24(30)12-10-21-9-7-19(2)17-29-21/h5,7-9,11,13-14,16-17,20,24H,4,6,10,12,15H2,1-3H3/t20-,24-/m1/s1. The molecule has 3 aromatic rings. The largest absolute Gasteiger partial charge is 0.335 e. The first-order valence-electron chi connectivity index (χ1n) is 11.1. The maximum Gasteiger partial charge on any atom is 0.254 e. The topological polar surface area (TPSA) is 59.0 Å². The van der Waals surface area contributed by atoms with E-state index in [1.165, 1.54) is 5.56 Å². The molecule has 5 nitrogen and oxygen atoms in total. The van der Waals surface area contributed by atoms with Crippen molar-refractivity contribution in [3.05, 3.63) is 77.4 Å². The van der Waals surface area contributed by atoms with Gasteiger partial charge in [0.1, 0.15) is 0 Å². The third-order valence-electron chi connectivity index (χ3n) is 6.26. The summed E-state index contributed by atoms with van der Waals surface area (Å²) in [6.45, 7) is 7.13. The van der Waals surface area contributed by atoms with Crippen LogP contribution in [0.25, 0.3) is 11.4 Å². The zero-order chi connectivity index (χ0) is 21.8. The first kappa shape index (κ1) is 21.2. The Balaban J connectivity index is 1.61. The molecule has 4 rings (SSSR count). The zero-order valence-corrected chi connectivity index (χ0v) is 18.6. The number of likely N-dealkylation sites (tertiary alicyclic amines) is 1. The Morgan fingerprint density at radius 1 is 1.06 bits per heavy atom. The van der Waals surface area contributed by atoms with Gasteiger partial charge in [-0.3, -0.25) is 9.78 Å². The average molecular weight is 415 g/mol. The van der Waals surface area contributed by atoms with E-state index in [1.807, 2.05) is 31.3 Å². The fraction of sp³-hybridized carbons (Fsp3) is 0.385. The number of hydrogen-bond acceptors (Lipinski definition) is 4. The molecule has 1 aromatic carbocycles. The maximum absolute atomic E-state index is 13.8. The molecule has 1 aliphatic rings. The Morgan fingerprint density at radius 2 is 1.84 bits per heavy atom. The Bertz CT molecular complexity index is 1030. The number of aromatic nitrogens is 3. The molecule has 160 valence electrons. The number of pyridine rings is 1. The molecule has 0 N–H and O–H groups in total. The van der Waals surface area contributed by atoms with Gasteiger partial charge in [0.2, 0.25) is 0 Å². The van der Waals surface area contributed by atoms with Crippen molar-refractivity contribution in [2.45, 2.75) is 52.5 Å². The van der Waals surface area contributed by atoms with Gasteiger partial charge < -0.3 is 4.90 Å². The van der Waals surface area contributed by atoms with E-state index in [2.05, 4.69) is 45.8 Å². The van der Waals surface area contributed by atoms with Gasteiger partial charge in [-0.1, -0.05) is 30.7 Å². The van der Waals surface area contributed by atoms with Gasteiger partial charge in [-0.15, -0.1) is 0 Å². The summed E-state index contributed by atoms with van der Waals surface area (Å²) in [6.07, 6.45) is 9.34. The monoisotopic (exact) mass is 414 g/mol. The minimum atomic E-state index is 0.0829. The lowest BCUT2D eigenvalue weighted by atomic mass is 9.86. The number of benzene rings is 1. The van der Waals surface area contributed by atoms with Crippen molar-refractivity contribution >= 4 is 5.91 Å².